The SMILES string of the molecule is O=C(CSc1nnc(-c2ccc(O)cc2)n1Cc1ccccc1)Nc1cccc([N+](=O)[O-])c1. The molecule has 0 aliphatic carbocycles. The van der Waals surface area contributed by atoms with Gasteiger partial charge in [0.2, 0.25) is 5.91 Å². The van der Waals surface area contributed by atoms with Gasteiger partial charge in [0.25, 0.3) is 5.69 Å². The van der Waals surface area contributed by atoms with Gasteiger partial charge in [0.1, 0.15) is 5.75 Å². The second-order valence-corrected chi connectivity index (χ2v) is 8.01. The van der Waals surface area contributed by atoms with Crippen molar-refractivity contribution in [3.63, 3.8) is 0 Å². The molecule has 0 bridgehead atoms. The number of benzene rings is 3. The molecule has 0 fully saturated rings. The van der Waals surface area contributed by atoms with Crippen LogP contribution < -0.4 is 5.32 Å². The van der Waals surface area contributed by atoms with Crippen molar-refractivity contribution < 1.29 is 14.8 Å². The molecular weight excluding hydrogens is 442 g/mol. The molecule has 0 spiro atoms. The lowest BCUT2D eigenvalue weighted by Crippen LogP contribution is -2.15. The summed E-state index contributed by atoms with van der Waals surface area (Å²) >= 11 is 1.22. The first-order valence-electron chi connectivity index (χ1n) is 9.93. The topological polar surface area (TPSA) is 123 Å². The number of non-ortho nitro benzene ring substituents is 1. The Bertz CT molecular complexity index is 1280. The summed E-state index contributed by atoms with van der Waals surface area (Å²) in [7, 11) is 0. The Morgan fingerprint density at radius 3 is 2.52 bits per heavy atom. The maximum atomic E-state index is 12.5. The summed E-state index contributed by atoms with van der Waals surface area (Å²) in [5.41, 5.74) is 2.08. The number of thioether (sulfide) groups is 1. The molecular formula is C23H19N5O4S. The fourth-order valence-corrected chi connectivity index (χ4v) is 3.89. The molecule has 2 N–H and O–H groups in total. The molecule has 0 aliphatic rings. The molecule has 1 amide bonds. The van der Waals surface area contributed by atoms with Crippen molar-refractivity contribution in [3.05, 3.63) is 94.5 Å². The van der Waals surface area contributed by atoms with Crippen LogP contribution in [-0.2, 0) is 11.3 Å². The normalized spacial score (nSPS) is 10.7. The molecule has 166 valence electrons. The van der Waals surface area contributed by atoms with E-state index >= 15 is 0 Å². The van der Waals surface area contributed by atoms with Gasteiger partial charge in [-0.3, -0.25) is 19.5 Å². The van der Waals surface area contributed by atoms with Gasteiger partial charge in [0.05, 0.1) is 17.2 Å². The van der Waals surface area contributed by atoms with E-state index in [0.29, 0.717) is 23.2 Å². The number of carbonyl (C=O) groups is 1. The first kappa shape index (κ1) is 22.0. The van der Waals surface area contributed by atoms with Gasteiger partial charge in [-0.15, -0.1) is 10.2 Å². The third-order valence-electron chi connectivity index (χ3n) is 4.70. The van der Waals surface area contributed by atoms with Crippen LogP contribution in [0, 0.1) is 10.1 Å². The summed E-state index contributed by atoms with van der Waals surface area (Å²) in [5, 5.41) is 32.3. The zero-order valence-corrected chi connectivity index (χ0v) is 18.1. The van der Waals surface area contributed by atoms with Crippen LogP contribution in [-0.4, -0.2) is 36.5 Å². The van der Waals surface area contributed by atoms with Crippen LogP contribution in [0.25, 0.3) is 11.4 Å². The Kier molecular flexibility index (Phi) is 6.65. The van der Waals surface area contributed by atoms with E-state index in [9.17, 15) is 20.0 Å². The molecule has 0 radical (unpaired) electrons. The minimum Gasteiger partial charge on any atom is -0.508 e. The van der Waals surface area contributed by atoms with Gasteiger partial charge >= 0.3 is 0 Å². The fraction of sp³-hybridized carbons (Fsp3) is 0.0870. The second-order valence-electron chi connectivity index (χ2n) is 7.07. The number of nitro groups is 1. The van der Waals surface area contributed by atoms with Crippen LogP contribution in [0.15, 0.2) is 84.0 Å². The predicted molar refractivity (Wildman–Crippen MR) is 125 cm³/mol. The molecule has 4 rings (SSSR count). The zero-order valence-electron chi connectivity index (χ0n) is 17.3. The molecule has 33 heavy (non-hydrogen) atoms. The standard InChI is InChI=1S/C23H19N5O4S/c29-20-11-9-17(10-12-20)22-25-26-23(27(22)14-16-5-2-1-3-6-16)33-15-21(30)24-18-7-4-8-19(13-18)28(31)32/h1-13,29H,14-15H2,(H,24,30). The summed E-state index contributed by atoms with van der Waals surface area (Å²) in [5.74, 6) is 0.493. The number of aromatic nitrogens is 3. The van der Waals surface area contributed by atoms with Crippen molar-refractivity contribution in [1.29, 1.82) is 0 Å². The number of anilines is 1. The van der Waals surface area contributed by atoms with E-state index < -0.39 is 4.92 Å². The highest BCUT2D eigenvalue weighted by molar-refractivity contribution is 7.99. The maximum Gasteiger partial charge on any atom is 0.271 e. The Morgan fingerprint density at radius 1 is 1.03 bits per heavy atom. The van der Waals surface area contributed by atoms with E-state index in [-0.39, 0.29) is 23.1 Å². The van der Waals surface area contributed by atoms with E-state index in [0.717, 1.165) is 11.1 Å². The minimum absolute atomic E-state index is 0.0468. The van der Waals surface area contributed by atoms with Crippen LogP contribution in [0.4, 0.5) is 11.4 Å². The van der Waals surface area contributed by atoms with Crippen molar-refractivity contribution in [2.75, 3.05) is 11.1 Å². The van der Waals surface area contributed by atoms with Crippen molar-refractivity contribution in [3.8, 4) is 17.1 Å². The lowest BCUT2D eigenvalue weighted by Gasteiger charge is -2.11. The van der Waals surface area contributed by atoms with Crippen molar-refractivity contribution in [1.82, 2.24) is 14.8 Å². The van der Waals surface area contributed by atoms with Gasteiger partial charge in [-0.25, -0.2) is 0 Å². The lowest BCUT2D eigenvalue weighted by atomic mass is 10.2. The summed E-state index contributed by atoms with van der Waals surface area (Å²) in [4.78, 5) is 22.9. The number of amides is 1. The number of nitrogens with one attached hydrogen (secondary N) is 1. The average Bonchev–Trinajstić information content (AvgIpc) is 3.21. The van der Waals surface area contributed by atoms with Crippen LogP contribution in [0.2, 0.25) is 0 Å². The molecule has 4 aromatic rings. The third kappa shape index (κ3) is 5.55. The number of rotatable bonds is 8. The van der Waals surface area contributed by atoms with E-state index in [4.69, 9.17) is 0 Å². The minimum atomic E-state index is -0.513. The number of nitrogens with zero attached hydrogens (tertiary/aromatic N) is 4. The summed E-state index contributed by atoms with van der Waals surface area (Å²) in [6.45, 7) is 0.499. The molecule has 1 heterocycles. The maximum absolute atomic E-state index is 12.5. The Hall–Kier alpha value is -4.18. The molecule has 1 aromatic heterocycles. The largest absolute Gasteiger partial charge is 0.508 e. The highest BCUT2D eigenvalue weighted by atomic mass is 32.2. The van der Waals surface area contributed by atoms with E-state index in [1.54, 1.807) is 30.3 Å². The van der Waals surface area contributed by atoms with Gasteiger partial charge in [-0.2, -0.15) is 0 Å². The van der Waals surface area contributed by atoms with Crippen LogP contribution in [0.3, 0.4) is 0 Å². The molecule has 3 aromatic carbocycles. The molecule has 9 nitrogen and oxygen atoms in total. The lowest BCUT2D eigenvalue weighted by molar-refractivity contribution is -0.384. The average molecular weight is 462 g/mol. The number of phenols is 1. The predicted octanol–water partition coefficient (Wildman–Crippen LogP) is 4.34. The van der Waals surface area contributed by atoms with Gasteiger partial charge in [-0.1, -0.05) is 48.2 Å². The van der Waals surface area contributed by atoms with E-state index in [2.05, 4.69) is 15.5 Å². The van der Waals surface area contributed by atoms with Gasteiger partial charge < -0.3 is 10.4 Å². The summed E-state index contributed by atoms with van der Waals surface area (Å²) in [6.07, 6.45) is 0. The molecule has 0 saturated carbocycles. The number of phenolic OH excluding ortho intramolecular Hbond substituents is 1. The number of carbonyl (C=O) groups excluding carboxylic acids is 1. The first-order valence-corrected chi connectivity index (χ1v) is 10.9. The second kappa shape index (κ2) is 9.96. The number of nitro benzene ring substituents is 1. The monoisotopic (exact) mass is 461 g/mol. The molecule has 0 atom stereocenters. The van der Waals surface area contributed by atoms with E-state index in [1.807, 2.05) is 34.9 Å². The van der Waals surface area contributed by atoms with Gasteiger partial charge in [0, 0.05) is 23.4 Å². The third-order valence-corrected chi connectivity index (χ3v) is 5.67. The molecule has 10 heteroatoms. The van der Waals surface area contributed by atoms with Crippen LogP contribution >= 0.6 is 11.8 Å². The summed E-state index contributed by atoms with van der Waals surface area (Å²) in [6, 6.07) is 22.3. The summed E-state index contributed by atoms with van der Waals surface area (Å²) < 4.78 is 1.91. The smallest absolute Gasteiger partial charge is 0.271 e. The molecule has 0 saturated heterocycles. The fourth-order valence-electron chi connectivity index (χ4n) is 3.15. The van der Waals surface area contributed by atoms with Gasteiger partial charge in [-0.05, 0) is 35.9 Å². The Balaban J connectivity index is 1.53. The van der Waals surface area contributed by atoms with Crippen LogP contribution in [0.5, 0.6) is 5.75 Å². The van der Waals surface area contributed by atoms with Crippen molar-refractivity contribution >= 4 is 29.0 Å². The first-order chi connectivity index (χ1) is 16.0. The van der Waals surface area contributed by atoms with Crippen molar-refractivity contribution in [2.24, 2.45) is 0 Å². The zero-order chi connectivity index (χ0) is 23.2. The molecule has 0 unspecified atom stereocenters. The number of hydrogen-bond donors (Lipinski definition) is 2. The highest BCUT2D eigenvalue weighted by Gasteiger charge is 2.17. The van der Waals surface area contributed by atoms with Crippen LogP contribution in [0.1, 0.15) is 5.56 Å². The Labute approximate surface area is 193 Å². The van der Waals surface area contributed by atoms with Crippen molar-refractivity contribution in [2.45, 2.75) is 11.7 Å². The Morgan fingerprint density at radius 2 is 1.79 bits per heavy atom. The quantitative estimate of drug-likeness (QED) is 0.227. The molecule has 0 aliphatic heterocycles. The number of hydrogen-bond acceptors (Lipinski definition) is 7. The highest BCUT2D eigenvalue weighted by Crippen LogP contribution is 2.27. The number of aromatic hydroxyl groups is 1. The van der Waals surface area contributed by atoms with E-state index in [1.165, 1.54) is 30.0 Å². The van der Waals surface area contributed by atoms with Gasteiger partial charge in [0.15, 0.2) is 11.0 Å².